The molecule has 26 heavy (non-hydrogen) atoms. The van der Waals surface area contributed by atoms with E-state index in [0.29, 0.717) is 12.4 Å². The molecule has 1 saturated heterocycles. The number of aromatic hydroxyl groups is 1. The predicted octanol–water partition coefficient (Wildman–Crippen LogP) is 3.70. The van der Waals surface area contributed by atoms with E-state index in [1.165, 1.54) is 0 Å². The number of anilines is 1. The van der Waals surface area contributed by atoms with Crippen molar-refractivity contribution < 1.29 is 14.6 Å². The minimum absolute atomic E-state index is 0.133. The Balaban J connectivity index is 1.73. The molecule has 1 aliphatic heterocycles. The van der Waals surface area contributed by atoms with Crippen LogP contribution in [0.15, 0.2) is 42.6 Å². The zero-order valence-electron chi connectivity index (χ0n) is 14.8. The van der Waals surface area contributed by atoms with Crippen molar-refractivity contribution in [3.63, 3.8) is 0 Å². The highest BCUT2D eigenvalue weighted by Crippen LogP contribution is 2.35. The molecule has 0 spiro atoms. The number of fused-ring (bicyclic) bond motifs is 1. The number of imidazole rings is 1. The summed E-state index contributed by atoms with van der Waals surface area (Å²) in [5, 5.41) is 13.5. The van der Waals surface area contributed by atoms with Gasteiger partial charge in [-0.15, -0.1) is 0 Å². The van der Waals surface area contributed by atoms with Crippen LogP contribution in [0.4, 0.5) is 5.82 Å². The van der Waals surface area contributed by atoms with Crippen LogP contribution in [-0.2, 0) is 4.74 Å². The maximum Gasteiger partial charge on any atom is 0.161 e. The van der Waals surface area contributed by atoms with Gasteiger partial charge in [-0.25, -0.2) is 4.98 Å². The van der Waals surface area contributed by atoms with Crippen molar-refractivity contribution in [3.05, 3.63) is 42.6 Å². The van der Waals surface area contributed by atoms with Crippen molar-refractivity contribution in [2.24, 2.45) is 0 Å². The number of nitrogens with one attached hydrogen (secondary N) is 1. The third kappa shape index (κ3) is 3.20. The number of pyridine rings is 1. The van der Waals surface area contributed by atoms with Gasteiger partial charge in [0, 0.05) is 24.9 Å². The Bertz CT molecular complexity index is 900. The molecular formula is C20H23N3O3. The van der Waals surface area contributed by atoms with Gasteiger partial charge in [0.15, 0.2) is 11.5 Å². The van der Waals surface area contributed by atoms with Crippen LogP contribution in [0.5, 0.6) is 11.5 Å². The molecule has 1 fully saturated rings. The molecule has 3 aromatic rings. The van der Waals surface area contributed by atoms with Gasteiger partial charge in [-0.1, -0.05) is 6.07 Å². The van der Waals surface area contributed by atoms with E-state index in [1.807, 2.05) is 47.9 Å². The summed E-state index contributed by atoms with van der Waals surface area (Å²) in [5.74, 6) is 1.52. The first-order chi connectivity index (χ1) is 12.8. The summed E-state index contributed by atoms with van der Waals surface area (Å²) in [6, 6.07) is 11.3. The number of phenolic OH excluding ortho intramolecular Hbond substituents is 1. The summed E-state index contributed by atoms with van der Waals surface area (Å²) in [6.07, 6.45) is 4.42. The summed E-state index contributed by atoms with van der Waals surface area (Å²) in [5.41, 5.74) is 2.59. The second-order valence-corrected chi connectivity index (χ2v) is 6.37. The Kier molecular flexibility index (Phi) is 4.67. The first-order valence-corrected chi connectivity index (χ1v) is 9.05. The van der Waals surface area contributed by atoms with Crippen LogP contribution in [0.3, 0.4) is 0 Å². The Labute approximate surface area is 152 Å². The van der Waals surface area contributed by atoms with Gasteiger partial charge < -0.3 is 19.9 Å². The Morgan fingerprint density at radius 3 is 3.08 bits per heavy atom. The fourth-order valence-electron chi connectivity index (χ4n) is 3.31. The molecule has 0 unspecified atom stereocenters. The number of nitrogens with zero attached hydrogens (tertiary/aromatic N) is 2. The number of ether oxygens (including phenoxy) is 2. The van der Waals surface area contributed by atoms with Gasteiger partial charge in [-0.2, -0.15) is 0 Å². The minimum Gasteiger partial charge on any atom is -0.504 e. The lowest BCUT2D eigenvalue weighted by Gasteiger charge is -2.13. The van der Waals surface area contributed by atoms with E-state index in [-0.39, 0.29) is 11.9 Å². The van der Waals surface area contributed by atoms with E-state index >= 15 is 0 Å². The van der Waals surface area contributed by atoms with E-state index in [0.717, 1.165) is 48.7 Å². The SMILES string of the molecule is CCOc1cc(-c2nc3ccccn3c2NC[C@@H]2CCCO2)ccc1O. The molecule has 3 heterocycles. The second-order valence-electron chi connectivity index (χ2n) is 6.37. The van der Waals surface area contributed by atoms with E-state index in [4.69, 9.17) is 14.5 Å². The number of aromatic nitrogens is 2. The van der Waals surface area contributed by atoms with Gasteiger partial charge in [0.2, 0.25) is 0 Å². The van der Waals surface area contributed by atoms with E-state index < -0.39 is 0 Å². The molecule has 2 N–H and O–H groups in total. The second kappa shape index (κ2) is 7.25. The van der Waals surface area contributed by atoms with Crippen molar-refractivity contribution in [2.75, 3.05) is 25.1 Å². The highest BCUT2D eigenvalue weighted by Gasteiger charge is 2.19. The molecule has 1 aliphatic rings. The standard InChI is InChI=1S/C20H23N3O3/c1-2-25-17-12-14(8-9-16(17)24)19-20(21-13-15-6-5-11-26-15)23-10-4-3-7-18(23)22-19/h3-4,7-10,12,15,21,24H,2,5-6,11,13H2,1H3/t15-/m0/s1. The average molecular weight is 353 g/mol. The Hall–Kier alpha value is -2.73. The van der Waals surface area contributed by atoms with Gasteiger partial charge in [0.1, 0.15) is 17.2 Å². The summed E-state index contributed by atoms with van der Waals surface area (Å²) in [7, 11) is 0. The van der Waals surface area contributed by atoms with Gasteiger partial charge in [0.25, 0.3) is 0 Å². The fourth-order valence-corrected chi connectivity index (χ4v) is 3.31. The minimum atomic E-state index is 0.133. The molecule has 0 aliphatic carbocycles. The van der Waals surface area contributed by atoms with E-state index in [1.54, 1.807) is 6.07 Å². The Morgan fingerprint density at radius 2 is 2.27 bits per heavy atom. The summed E-state index contributed by atoms with van der Waals surface area (Å²) in [4.78, 5) is 4.78. The van der Waals surface area contributed by atoms with Gasteiger partial charge in [0.05, 0.1) is 12.7 Å². The summed E-state index contributed by atoms with van der Waals surface area (Å²) in [6.45, 7) is 3.96. The number of hydrogen-bond donors (Lipinski definition) is 2. The molecule has 1 aromatic carbocycles. The summed E-state index contributed by atoms with van der Waals surface area (Å²) < 4.78 is 13.3. The van der Waals surface area contributed by atoms with Crippen molar-refractivity contribution >= 4 is 11.5 Å². The van der Waals surface area contributed by atoms with Crippen LogP contribution in [0.2, 0.25) is 0 Å². The van der Waals surface area contributed by atoms with Crippen molar-refractivity contribution in [1.82, 2.24) is 9.38 Å². The lowest BCUT2D eigenvalue weighted by Crippen LogP contribution is -2.19. The van der Waals surface area contributed by atoms with Crippen LogP contribution in [0.25, 0.3) is 16.9 Å². The molecule has 2 aromatic heterocycles. The molecule has 6 nitrogen and oxygen atoms in total. The van der Waals surface area contributed by atoms with Crippen molar-refractivity contribution in [1.29, 1.82) is 0 Å². The largest absolute Gasteiger partial charge is 0.504 e. The fraction of sp³-hybridized carbons (Fsp3) is 0.350. The Morgan fingerprint density at radius 1 is 1.35 bits per heavy atom. The number of benzene rings is 1. The van der Waals surface area contributed by atoms with E-state index in [9.17, 15) is 5.11 Å². The first-order valence-electron chi connectivity index (χ1n) is 9.05. The molecular weight excluding hydrogens is 330 g/mol. The third-order valence-electron chi connectivity index (χ3n) is 4.58. The van der Waals surface area contributed by atoms with Gasteiger partial charge in [-0.05, 0) is 50.1 Å². The predicted molar refractivity (Wildman–Crippen MR) is 101 cm³/mol. The van der Waals surface area contributed by atoms with Gasteiger partial charge >= 0.3 is 0 Å². The zero-order valence-corrected chi connectivity index (χ0v) is 14.8. The molecule has 6 heteroatoms. The smallest absolute Gasteiger partial charge is 0.161 e. The number of rotatable bonds is 6. The van der Waals surface area contributed by atoms with Crippen molar-refractivity contribution in [2.45, 2.75) is 25.9 Å². The number of phenols is 1. The molecule has 0 saturated carbocycles. The lowest BCUT2D eigenvalue weighted by atomic mass is 10.1. The van der Waals surface area contributed by atoms with Crippen LogP contribution in [0, 0.1) is 0 Å². The van der Waals surface area contributed by atoms with Crippen LogP contribution < -0.4 is 10.1 Å². The van der Waals surface area contributed by atoms with Crippen LogP contribution >= 0.6 is 0 Å². The maximum atomic E-state index is 9.99. The zero-order chi connectivity index (χ0) is 17.9. The van der Waals surface area contributed by atoms with E-state index in [2.05, 4.69) is 5.32 Å². The molecule has 0 radical (unpaired) electrons. The topological polar surface area (TPSA) is 68.0 Å². The first kappa shape index (κ1) is 16.7. The highest BCUT2D eigenvalue weighted by atomic mass is 16.5. The van der Waals surface area contributed by atoms with Gasteiger partial charge in [-0.3, -0.25) is 4.40 Å². The maximum absolute atomic E-state index is 9.99. The monoisotopic (exact) mass is 353 g/mol. The molecule has 4 rings (SSSR count). The summed E-state index contributed by atoms with van der Waals surface area (Å²) >= 11 is 0. The van der Waals surface area contributed by atoms with Crippen molar-refractivity contribution in [3.8, 4) is 22.8 Å². The highest BCUT2D eigenvalue weighted by molar-refractivity contribution is 5.78. The molecule has 1 atom stereocenters. The molecule has 136 valence electrons. The molecule has 0 amide bonds. The number of hydrogen-bond acceptors (Lipinski definition) is 5. The molecule has 0 bridgehead atoms. The normalized spacial score (nSPS) is 16.9. The quantitative estimate of drug-likeness (QED) is 0.707. The third-order valence-corrected chi connectivity index (χ3v) is 4.58. The van der Waals surface area contributed by atoms with Crippen LogP contribution in [0.1, 0.15) is 19.8 Å². The average Bonchev–Trinajstić information content (AvgIpc) is 3.29. The lowest BCUT2D eigenvalue weighted by molar-refractivity contribution is 0.120. The van der Waals surface area contributed by atoms with Crippen LogP contribution in [-0.4, -0.2) is 40.4 Å².